The first kappa shape index (κ1) is 13.3. The number of carbonyl (C=O) groups is 1. The minimum Gasteiger partial charge on any atom is -0.331 e. The first-order chi connectivity index (χ1) is 6.52. The monoisotopic (exact) mass is 200 g/mol. The lowest BCUT2D eigenvalue weighted by atomic mass is 10.1. The fourth-order valence-electron chi connectivity index (χ4n) is 1.82. The molecule has 0 aliphatic carbocycles. The van der Waals surface area contributed by atoms with Crippen LogP contribution in [0.1, 0.15) is 34.1 Å². The summed E-state index contributed by atoms with van der Waals surface area (Å²) in [5.41, 5.74) is 0. The molecule has 0 spiro atoms. The Morgan fingerprint density at radius 1 is 1.29 bits per heavy atom. The molecule has 2 atom stereocenters. The van der Waals surface area contributed by atoms with Crippen molar-refractivity contribution in [3.63, 3.8) is 0 Å². The van der Waals surface area contributed by atoms with E-state index in [1.807, 2.05) is 18.7 Å². The molecule has 0 aromatic heterocycles. The van der Waals surface area contributed by atoms with Crippen LogP contribution in [0.2, 0.25) is 0 Å². The summed E-state index contributed by atoms with van der Waals surface area (Å²) in [5, 5.41) is 0. The van der Waals surface area contributed by atoms with Gasteiger partial charge in [0.1, 0.15) is 0 Å². The van der Waals surface area contributed by atoms with Crippen LogP contribution in [0.4, 0.5) is 4.79 Å². The number of rotatable bonds is 0. The number of hydrogen-bond donors (Lipinski definition) is 0. The Kier molecular flexibility index (Phi) is 5.58. The molecule has 1 saturated heterocycles. The molecule has 0 N–H and O–H groups in total. The SMILES string of the molecule is CC.CC1CC(C)N(C(=O)N(C)C)C1. The highest BCUT2D eigenvalue weighted by Crippen LogP contribution is 2.22. The van der Waals surface area contributed by atoms with Crippen molar-refractivity contribution in [3.8, 4) is 0 Å². The normalized spacial score (nSPS) is 25.4. The van der Waals surface area contributed by atoms with Crippen molar-refractivity contribution in [2.24, 2.45) is 5.92 Å². The van der Waals surface area contributed by atoms with E-state index in [4.69, 9.17) is 0 Å². The van der Waals surface area contributed by atoms with Gasteiger partial charge in [0, 0.05) is 26.7 Å². The zero-order chi connectivity index (χ0) is 11.3. The van der Waals surface area contributed by atoms with E-state index in [1.54, 1.807) is 19.0 Å². The second-order valence-corrected chi connectivity index (χ2v) is 4.02. The Bertz CT molecular complexity index is 180. The molecule has 3 heteroatoms. The van der Waals surface area contributed by atoms with Crippen LogP contribution < -0.4 is 0 Å². The maximum absolute atomic E-state index is 11.6. The molecule has 0 bridgehead atoms. The van der Waals surface area contributed by atoms with E-state index < -0.39 is 0 Å². The largest absolute Gasteiger partial charge is 0.331 e. The quantitative estimate of drug-likeness (QED) is 0.589. The first-order valence-corrected chi connectivity index (χ1v) is 5.50. The molecule has 1 aliphatic rings. The van der Waals surface area contributed by atoms with Crippen molar-refractivity contribution in [1.29, 1.82) is 0 Å². The van der Waals surface area contributed by atoms with Crippen molar-refractivity contribution in [2.45, 2.75) is 40.2 Å². The van der Waals surface area contributed by atoms with Crippen LogP contribution >= 0.6 is 0 Å². The number of nitrogens with zero attached hydrogens (tertiary/aromatic N) is 2. The molecule has 1 fully saturated rings. The minimum absolute atomic E-state index is 0.145. The van der Waals surface area contributed by atoms with Gasteiger partial charge < -0.3 is 9.80 Å². The van der Waals surface area contributed by atoms with Gasteiger partial charge in [-0.3, -0.25) is 0 Å². The molecule has 84 valence electrons. The summed E-state index contributed by atoms with van der Waals surface area (Å²) < 4.78 is 0. The molecule has 1 heterocycles. The summed E-state index contributed by atoms with van der Waals surface area (Å²) >= 11 is 0. The lowest BCUT2D eigenvalue weighted by Crippen LogP contribution is -2.41. The number of amides is 2. The Balaban J connectivity index is 0.000000791. The highest BCUT2D eigenvalue weighted by Gasteiger charge is 2.30. The average molecular weight is 200 g/mol. The number of hydrogen-bond acceptors (Lipinski definition) is 1. The first-order valence-electron chi connectivity index (χ1n) is 5.50. The Labute approximate surface area is 88.1 Å². The molecule has 0 aromatic rings. The van der Waals surface area contributed by atoms with E-state index in [0.29, 0.717) is 12.0 Å². The molecular formula is C11H24N2O. The van der Waals surface area contributed by atoms with Crippen LogP contribution in [-0.4, -0.2) is 42.5 Å². The van der Waals surface area contributed by atoms with Crippen molar-refractivity contribution < 1.29 is 4.79 Å². The number of urea groups is 1. The van der Waals surface area contributed by atoms with Crippen LogP contribution in [0.15, 0.2) is 0 Å². The van der Waals surface area contributed by atoms with Gasteiger partial charge in [0.15, 0.2) is 0 Å². The van der Waals surface area contributed by atoms with E-state index in [0.717, 1.165) is 13.0 Å². The van der Waals surface area contributed by atoms with Gasteiger partial charge in [-0.05, 0) is 19.3 Å². The third kappa shape index (κ3) is 3.20. The van der Waals surface area contributed by atoms with Crippen molar-refractivity contribution in [2.75, 3.05) is 20.6 Å². The van der Waals surface area contributed by atoms with Crippen LogP contribution in [0.25, 0.3) is 0 Å². The summed E-state index contributed by atoms with van der Waals surface area (Å²) in [5.74, 6) is 0.656. The van der Waals surface area contributed by atoms with Crippen LogP contribution in [0, 0.1) is 5.92 Å². The molecule has 3 nitrogen and oxygen atoms in total. The molecule has 1 rings (SSSR count). The second kappa shape index (κ2) is 5.89. The Hall–Kier alpha value is -0.730. The average Bonchev–Trinajstić information content (AvgIpc) is 2.47. The van der Waals surface area contributed by atoms with E-state index >= 15 is 0 Å². The molecule has 2 unspecified atom stereocenters. The number of carbonyl (C=O) groups excluding carboxylic acids is 1. The van der Waals surface area contributed by atoms with Crippen LogP contribution in [-0.2, 0) is 0 Å². The van der Waals surface area contributed by atoms with E-state index in [2.05, 4.69) is 13.8 Å². The van der Waals surface area contributed by atoms with Gasteiger partial charge >= 0.3 is 6.03 Å². The van der Waals surface area contributed by atoms with Gasteiger partial charge in [-0.2, -0.15) is 0 Å². The highest BCUT2D eigenvalue weighted by molar-refractivity contribution is 5.74. The van der Waals surface area contributed by atoms with E-state index in [1.165, 1.54) is 0 Å². The fraction of sp³-hybridized carbons (Fsp3) is 0.909. The molecule has 14 heavy (non-hydrogen) atoms. The topological polar surface area (TPSA) is 23.6 Å². The highest BCUT2D eigenvalue weighted by atomic mass is 16.2. The summed E-state index contributed by atoms with van der Waals surface area (Å²) in [6.07, 6.45) is 1.14. The summed E-state index contributed by atoms with van der Waals surface area (Å²) in [4.78, 5) is 15.1. The van der Waals surface area contributed by atoms with Gasteiger partial charge in [-0.15, -0.1) is 0 Å². The maximum atomic E-state index is 11.6. The van der Waals surface area contributed by atoms with Crippen molar-refractivity contribution in [3.05, 3.63) is 0 Å². The summed E-state index contributed by atoms with van der Waals surface area (Å²) in [7, 11) is 3.61. The van der Waals surface area contributed by atoms with Gasteiger partial charge in [-0.1, -0.05) is 20.8 Å². The molecule has 0 saturated carbocycles. The zero-order valence-electron chi connectivity index (χ0n) is 10.4. The van der Waals surface area contributed by atoms with Crippen molar-refractivity contribution in [1.82, 2.24) is 9.80 Å². The zero-order valence-corrected chi connectivity index (χ0v) is 10.4. The number of likely N-dealkylation sites (tertiary alicyclic amines) is 1. The summed E-state index contributed by atoms with van der Waals surface area (Å²) in [6.45, 7) is 9.22. The Morgan fingerprint density at radius 2 is 1.79 bits per heavy atom. The fourth-order valence-corrected chi connectivity index (χ4v) is 1.82. The molecule has 1 aliphatic heterocycles. The van der Waals surface area contributed by atoms with Crippen LogP contribution in [0.5, 0.6) is 0 Å². The molecule has 2 amide bonds. The molecule has 0 radical (unpaired) electrons. The lowest BCUT2D eigenvalue weighted by Gasteiger charge is -2.25. The van der Waals surface area contributed by atoms with Gasteiger partial charge in [0.05, 0.1) is 0 Å². The smallest absolute Gasteiger partial charge is 0.319 e. The second-order valence-electron chi connectivity index (χ2n) is 4.02. The predicted molar refractivity (Wildman–Crippen MR) is 60.4 cm³/mol. The van der Waals surface area contributed by atoms with Crippen molar-refractivity contribution >= 4 is 6.03 Å². The van der Waals surface area contributed by atoms with E-state index in [9.17, 15) is 4.79 Å². The van der Waals surface area contributed by atoms with Gasteiger partial charge in [-0.25, -0.2) is 4.79 Å². The van der Waals surface area contributed by atoms with E-state index in [-0.39, 0.29) is 6.03 Å². The Morgan fingerprint density at radius 3 is 2.07 bits per heavy atom. The summed E-state index contributed by atoms with van der Waals surface area (Å²) in [6, 6.07) is 0.557. The van der Waals surface area contributed by atoms with Gasteiger partial charge in [0.25, 0.3) is 0 Å². The van der Waals surface area contributed by atoms with Gasteiger partial charge in [0.2, 0.25) is 0 Å². The standard InChI is InChI=1S/C9H18N2O.C2H6/c1-7-5-8(2)11(6-7)9(12)10(3)4;1-2/h7-8H,5-6H2,1-4H3;1-2H3. The molecular weight excluding hydrogens is 176 g/mol. The minimum atomic E-state index is 0.145. The molecule has 0 aromatic carbocycles. The van der Waals surface area contributed by atoms with Crippen LogP contribution in [0.3, 0.4) is 0 Å². The predicted octanol–water partition coefficient (Wildman–Crippen LogP) is 2.42. The third-order valence-electron chi connectivity index (χ3n) is 2.41. The lowest BCUT2D eigenvalue weighted by molar-refractivity contribution is 0.168. The maximum Gasteiger partial charge on any atom is 0.319 e. The third-order valence-corrected chi connectivity index (χ3v) is 2.41.